The summed E-state index contributed by atoms with van der Waals surface area (Å²) in [7, 11) is 2.02. The molecule has 7 heteroatoms. The summed E-state index contributed by atoms with van der Waals surface area (Å²) in [5.74, 6) is 0.986. The van der Waals surface area contributed by atoms with Crippen molar-refractivity contribution in [3.05, 3.63) is 29.0 Å². The van der Waals surface area contributed by atoms with Crippen LogP contribution in [0.5, 0.6) is 0 Å². The molecule has 2 aromatic rings. The number of benzene rings is 1. The van der Waals surface area contributed by atoms with Crippen molar-refractivity contribution < 1.29 is 9.90 Å². The van der Waals surface area contributed by atoms with Crippen molar-refractivity contribution in [2.75, 3.05) is 13.1 Å². The van der Waals surface area contributed by atoms with E-state index < -0.39 is 5.97 Å². The summed E-state index contributed by atoms with van der Waals surface area (Å²) in [4.78, 5) is 18.0. The molecule has 0 amide bonds. The molecule has 0 spiro atoms. The Morgan fingerprint density at radius 2 is 2.19 bits per heavy atom. The average Bonchev–Trinajstić information content (AvgIpc) is 3.29. The standard InChI is InChI=1S/C19H25ClN4O2/c1-23-17-5-4-13(20)6-16(17)22-18(23)9-21-14-7-15(8-14)24(11-19(25)26)10-12-2-3-12/h4-6,12,14-15,21H,2-3,7-11H2,1H3,(H,25,26). The Morgan fingerprint density at radius 3 is 2.88 bits per heavy atom. The summed E-state index contributed by atoms with van der Waals surface area (Å²) < 4.78 is 2.10. The smallest absolute Gasteiger partial charge is 0.317 e. The van der Waals surface area contributed by atoms with Crippen molar-refractivity contribution >= 4 is 28.6 Å². The van der Waals surface area contributed by atoms with Gasteiger partial charge in [-0.1, -0.05) is 11.6 Å². The van der Waals surface area contributed by atoms with Gasteiger partial charge in [0.25, 0.3) is 0 Å². The number of nitrogens with one attached hydrogen (secondary N) is 1. The van der Waals surface area contributed by atoms with Crippen molar-refractivity contribution in [1.82, 2.24) is 19.8 Å². The molecule has 1 heterocycles. The quantitative estimate of drug-likeness (QED) is 0.741. The zero-order valence-corrected chi connectivity index (χ0v) is 15.7. The number of fused-ring (bicyclic) bond motifs is 1. The van der Waals surface area contributed by atoms with Gasteiger partial charge in [0.15, 0.2) is 0 Å². The molecule has 1 aromatic heterocycles. The number of imidazole rings is 1. The van der Waals surface area contributed by atoms with Gasteiger partial charge in [0.1, 0.15) is 5.82 Å². The number of carboxylic acids is 1. The molecule has 6 nitrogen and oxygen atoms in total. The van der Waals surface area contributed by atoms with Crippen molar-refractivity contribution in [3.63, 3.8) is 0 Å². The number of hydrogen-bond acceptors (Lipinski definition) is 4. The molecule has 0 saturated heterocycles. The second-order valence-electron chi connectivity index (χ2n) is 7.69. The van der Waals surface area contributed by atoms with Gasteiger partial charge in [0, 0.05) is 30.7 Å². The highest BCUT2D eigenvalue weighted by Crippen LogP contribution is 2.33. The Bertz CT molecular complexity index is 811. The largest absolute Gasteiger partial charge is 0.480 e. The third-order valence-electron chi connectivity index (χ3n) is 5.64. The van der Waals surface area contributed by atoms with Crippen LogP contribution in [-0.2, 0) is 18.4 Å². The zero-order chi connectivity index (χ0) is 18.3. The van der Waals surface area contributed by atoms with Gasteiger partial charge >= 0.3 is 5.97 Å². The minimum atomic E-state index is -0.722. The number of aromatic nitrogens is 2. The molecule has 26 heavy (non-hydrogen) atoms. The average molecular weight is 377 g/mol. The number of carbonyl (C=O) groups is 1. The van der Waals surface area contributed by atoms with E-state index in [2.05, 4.69) is 19.8 Å². The first-order chi connectivity index (χ1) is 12.5. The molecule has 140 valence electrons. The fourth-order valence-corrected chi connectivity index (χ4v) is 3.98. The maximum Gasteiger partial charge on any atom is 0.317 e. The van der Waals surface area contributed by atoms with E-state index in [1.54, 1.807) is 0 Å². The van der Waals surface area contributed by atoms with Crippen LogP contribution in [0.15, 0.2) is 18.2 Å². The Balaban J connectivity index is 1.31. The SMILES string of the molecule is Cn1c(CNC2CC(N(CC(=O)O)CC3CC3)C2)nc2cc(Cl)ccc21. The Morgan fingerprint density at radius 1 is 1.42 bits per heavy atom. The molecular formula is C19H25ClN4O2. The molecule has 0 radical (unpaired) electrons. The summed E-state index contributed by atoms with van der Waals surface area (Å²) in [5.41, 5.74) is 2.00. The Kier molecular flexibility index (Phi) is 4.90. The van der Waals surface area contributed by atoms with E-state index in [0.717, 1.165) is 36.2 Å². The highest BCUT2D eigenvalue weighted by atomic mass is 35.5. The van der Waals surface area contributed by atoms with Gasteiger partial charge in [-0.15, -0.1) is 0 Å². The molecule has 2 aliphatic rings. The predicted octanol–water partition coefficient (Wildman–Crippen LogP) is 2.64. The molecule has 0 unspecified atom stereocenters. The summed E-state index contributed by atoms with van der Waals surface area (Å²) in [6.07, 6.45) is 4.52. The number of nitrogens with zero attached hydrogens (tertiary/aromatic N) is 3. The number of carboxylic acid groups (broad SMARTS) is 1. The van der Waals surface area contributed by atoms with E-state index in [-0.39, 0.29) is 6.54 Å². The highest BCUT2D eigenvalue weighted by Gasteiger charge is 2.36. The summed E-state index contributed by atoms with van der Waals surface area (Å²) in [6.45, 7) is 1.82. The molecule has 0 aliphatic heterocycles. The highest BCUT2D eigenvalue weighted by molar-refractivity contribution is 6.31. The first kappa shape index (κ1) is 17.8. The number of aliphatic carboxylic acids is 1. The van der Waals surface area contributed by atoms with Crippen molar-refractivity contribution in [1.29, 1.82) is 0 Å². The van der Waals surface area contributed by atoms with E-state index >= 15 is 0 Å². The monoisotopic (exact) mass is 376 g/mol. The van der Waals surface area contributed by atoms with E-state index in [0.29, 0.717) is 29.6 Å². The normalized spacial score (nSPS) is 22.7. The minimum absolute atomic E-state index is 0.166. The lowest BCUT2D eigenvalue weighted by atomic mass is 9.85. The molecule has 2 aliphatic carbocycles. The van der Waals surface area contributed by atoms with Crippen molar-refractivity contribution in [3.8, 4) is 0 Å². The molecule has 0 bridgehead atoms. The van der Waals surface area contributed by atoms with Gasteiger partial charge in [-0.3, -0.25) is 9.69 Å². The van der Waals surface area contributed by atoms with Crippen LogP contribution >= 0.6 is 11.6 Å². The van der Waals surface area contributed by atoms with Crippen LogP contribution in [0.1, 0.15) is 31.5 Å². The zero-order valence-electron chi connectivity index (χ0n) is 15.0. The van der Waals surface area contributed by atoms with Gasteiger partial charge in [-0.05, 0) is 49.8 Å². The van der Waals surface area contributed by atoms with Gasteiger partial charge in [0.05, 0.1) is 24.1 Å². The van der Waals surface area contributed by atoms with E-state index in [1.165, 1.54) is 12.8 Å². The number of aryl methyl sites for hydroxylation is 1. The maximum absolute atomic E-state index is 11.1. The van der Waals surface area contributed by atoms with Gasteiger partial charge in [-0.2, -0.15) is 0 Å². The second kappa shape index (κ2) is 7.18. The predicted molar refractivity (Wildman–Crippen MR) is 101 cm³/mol. The van der Waals surface area contributed by atoms with Crippen LogP contribution in [0.25, 0.3) is 11.0 Å². The number of rotatable bonds is 8. The topological polar surface area (TPSA) is 70.4 Å². The van der Waals surface area contributed by atoms with Crippen LogP contribution in [-0.4, -0.2) is 50.7 Å². The molecule has 4 rings (SSSR count). The van der Waals surface area contributed by atoms with Crippen molar-refractivity contribution in [2.45, 2.75) is 44.3 Å². The van der Waals surface area contributed by atoms with Crippen LogP contribution in [0.3, 0.4) is 0 Å². The molecule has 2 fully saturated rings. The molecular weight excluding hydrogens is 352 g/mol. The lowest BCUT2D eigenvalue weighted by Gasteiger charge is -2.43. The first-order valence-electron chi connectivity index (χ1n) is 9.29. The number of hydrogen-bond donors (Lipinski definition) is 2. The summed E-state index contributed by atoms with van der Waals surface area (Å²) >= 11 is 6.05. The Labute approximate surface area is 158 Å². The van der Waals surface area contributed by atoms with Crippen molar-refractivity contribution in [2.24, 2.45) is 13.0 Å². The number of halogens is 1. The van der Waals surface area contributed by atoms with E-state index in [4.69, 9.17) is 16.7 Å². The van der Waals surface area contributed by atoms with E-state index in [1.807, 2.05) is 25.2 Å². The first-order valence-corrected chi connectivity index (χ1v) is 9.67. The van der Waals surface area contributed by atoms with Crippen LogP contribution in [0.2, 0.25) is 5.02 Å². The minimum Gasteiger partial charge on any atom is -0.480 e. The lowest BCUT2D eigenvalue weighted by molar-refractivity contribution is -0.139. The molecule has 1 aromatic carbocycles. The third-order valence-corrected chi connectivity index (χ3v) is 5.88. The maximum atomic E-state index is 11.1. The van der Waals surface area contributed by atoms with Crippen LogP contribution < -0.4 is 5.32 Å². The van der Waals surface area contributed by atoms with Gasteiger partial charge < -0.3 is 15.0 Å². The lowest BCUT2D eigenvalue weighted by Crippen LogP contribution is -2.54. The summed E-state index contributed by atoms with van der Waals surface area (Å²) in [6, 6.07) is 6.59. The molecule has 0 atom stereocenters. The third kappa shape index (κ3) is 3.87. The second-order valence-corrected chi connectivity index (χ2v) is 8.13. The van der Waals surface area contributed by atoms with Crippen LogP contribution in [0.4, 0.5) is 0 Å². The molecule has 2 N–H and O–H groups in total. The Hall–Kier alpha value is -1.63. The fourth-order valence-electron chi connectivity index (χ4n) is 3.82. The van der Waals surface area contributed by atoms with Crippen LogP contribution in [0, 0.1) is 5.92 Å². The van der Waals surface area contributed by atoms with Gasteiger partial charge in [0.2, 0.25) is 0 Å². The fraction of sp³-hybridized carbons (Fsp3) is 0.579. The van der Waals surface area contributed by atoms with Gasteiger partial charge in [-0.25, -0.2) is 4.98 Å². The summed E-state index contributed by atoms with van der Waals surface area (Å²) in [5, 5.41) is 13.4. The molecule has 2 saturated carbocycles. The van der Waals surface area contributed by atoms with E-state index in [9.17, 15) is 4.79 Å².